The number of halogens is 1. The van der Waals surface area contributed by atoms with Crippen molar-refractivity contribution in [3.05, 3.63) is 34.3 Å². The summed E-state index contributed by atoms with van der Waals surface area (Å²) in [6, 6.07) is 9.01. The molecule has 3 heteroatoms. The van der Waals surface area contributed by atoms with Crippen molar-refractivity contribution >= 4 is 15.9 Å². The zero-order chi connectivity index (χ0) is 13.0. The lowest BCUT2D eigenvalue weighted by atomic mass is 9.96. The lowest BCUT2D eigenvalue weighted by Crippen LogP contribution is -2.35. The van der Waals surface area contributed by atoms with E-state index < -0.39 is 0 Å². The molecule has 0 radical (unpaired) electrons. The second kappa shape index (κ2) is 6.69. The van der Waals surface area contributed by atoms with Gasteiger partial charge in [-0.05, 0) is 70.1 Å². The average Bonchev–Trinajstić information content (AvgIpc) is 2.38. The Hall–Kier alpha value is -0.380. The summed E-state index contributed by atoms with van der Waals surface area (Å²) in [6.45, 7) is 5.88. The third-order valence-corrected chi connectivity index (χ3v) is 4.39. The average molecular weight is 311 g/mol. The van der Waals surface area contributed by atoms with Crippen LogP contribution in [0.4, 0.5) is 0 Å². The Morgan fingerprint density at radius 2 is 2.11 bits per heavy atom. The van der Waals surface area contributed by atoms with Crippen molar-refractivity contribution in [1.29, 1.82) is 0 Å². The predicted octanol–water partition coefficient (Wildman–Crippen LogP) is 3.44. The fourth-order valence-electron chi connectivity index (χ4n) is 2.50. The molecule has 18 heavy (non-hydrogen) atoms. The Morgan fingerprint density at radius 3 is 2.78 bits per heavy atom. The highest BCUT2D eigenvalue weighted by atomic mass is 79.9. The zero-order valence-corrected chi connectivity index (χ0v) is 12.9. The van der Waals surface area contributed by atoms with Gasteiger partial charge >= 0.3 is 0 Å². The number of likely N-dealkylation sites (tertiary alicyclic amines) is 1. The predicted molar refractivity (Wildman–Crippen MR) is 80.8 cm³/mol. The van der Waals surface area contributed by atoms with Crippen LogP contribution in [-0.4, -0.2) is 31.6 Å². The Morgan fingerprint density at radius 1 is 1.39 bits per heavy atom. The largest absolute Gasteiger partial charge is 0.310 e. The van der Waals surface area contributed by atoms with E-state index in [1.165, 1.54) is 31.5 Å². The quantitative estimate of drug-likeness (QED) is 0.916. The standard InChI is InChI=1S/C15H23BrN2/c1-12(14-4-3-5-15(16)10-14)17-11-13-6-8-18(2)9-7-13/h3-5,10,12-13,17H,6-9,11H2,1-2H3/t12-/m1/s1. The summed E-state index contributed by atoms with van der Waals surface area (Å²) in [7, 11) is 2.22. The minimum atomic E-state index is 0.433. The van der Waals surface area contributed by atoms with Gasteiger partial charge in [-0.25, -0.2) is 0 Å². The summed E-state index contributed by atoms with van der Waals surface area (Å²) in [5.74, 6) is 0.843. The maximum Gasteiger partial charge on any atom is 0.0292 e. The van der Waals surface area contributed by atoms with Crippen molar-refractivity contribution in [3.8, 4) is 0 Å². The van der Waals surface area contributed by atoms with E-state index in [2.05, 4.69) is 64.4 Å². The van der Waals surface area contributed by atoms with Crippen molar-refractivity contribution < 1.29 is 0 Å². The molecule has 1 aromatic rings. The fourth-order valence-corrected chi connectivity index (χ4v) is 2.92. The highest BCUT2D eigenvalue weighted by Crippen LogP contribution is 2.20. The first-order chi connectivity index (χ1) is 8.65. The van der Waals surface area contributed by atoms with Crippen molar-refractivity contribution in [2.75, 3.05) is 26.7 Å². The van der Waals surface area contributed by atoms with Crippen LogP contribution in [0.15, 0.2) is 28.7 Å². The molecule has 0 bridgehead atoms. The van der Waals surface area contributed by atoms with Gasteiger partial charge in [-0.15, -0.1) is 0 Å². The molecule has 100 valence electrons. The first-order valence-electron chi connectivity index (χ1n) is 6.82. The zero-order valence-electron chi connectivity index (χ0n) is 11.3. The Bertz CT molecular complexity index is 373. The van der Waals surface area contributed by atoms with Crippen LogP contribution < -0.4 is 5.32 Å². The number of benzene rings is 1. The van der Waals surface area contributed by atoms with E-state index in [0.29, 0.717) is 6.04 Å². The molecule has 2 rings (SSSR count). The Labute approximate surface area is 119 Å². The summed E-state index contributed by atoms with van der Waals surface area (Å²) >= 11 is 3.53. The van der Waals surface area contributed by atoms with Gasteiger partial charge in [0.05, 0.1) is 0 Å². The molecule has 1 atom stereocenters. The smallest absolute Gasteiger partial charge is 0.0292 e. The summed E-state index contributed by atoms with van der Waals surface area (Å²) in [5.41, 5.74) is 1.36. The SMILES string of the molecule is C[C@@H](NCC1CCN(C)CC1)c1cccc(Br)c1. The first-order valence-corrected chi connectivity index (χ1v) is 7.62. The summed E-state index contributed by atoms with van der Waals surface area (Å²) < 4.78 is 1.16. The number of hydrogen-bond donors (Lipinski definition) is 1. The minimum absolute atomic E-state index is 0.433. The molecule has 1 aliphatic heterocycles. The molecule has 0 spiro atoms. The van der Waals surface area contributed by atoms with Gasteiger partial charge in [-0.1, -0.05) is 28.1 Å². The van der Waals surface area contributed by atoms with Crippen LogP contribution in [0.2, 0.25) is 0 Å². The summed E-state index contributed by atoms with van der Waals surface area (Å²) in [4.78, 5) is 2.42. The second-order valence-corrected chi connectivity index (χ2v) is 6.35. The molecule has 1 aromatic carbocycles. The first kappa shape index (κ1) is 14.0. The van der Waals surface area contributed by atoms with E-state index in [9.17, 15) is 0 Å². The van der Waals surface area contributed by atoms with Gasteiger partial charge in [0.1, 0.15) is 0 Å². The third-order valence-electron chi connectivity index (χ3n) is 3.90. The molecular formula is C15H23BrN2. The molecule has 1 fully saturated rings. The molecule has 1 heterocycles. The van der Waals surface area contributed by atoms with E-state index in [1.807, 2.05) is 0 Å². The van der Waals surface area contributed by atoms with Crippen LogP contribution in [0.1, 0.15) is 31.4 Å². The highest BCUT2D eigenvalue weighted by molar-refractivity contribution is 9.10. The third kappa shape index (κ3) is 4.08. The molecule has 0 amide bonds. The molecule has 1 saturated heterocycles. The van der Waals surface area contributed by atoms with Crippen LogP contribution in [0.25, 0.3) is 0 Å². The fraction of sp³-hybridized carbons (Fsp3) is 0.600. The van der Waals surface area contributed by atoms with Gasteiger partial charge in [-0.2, -0.15) is 0 Å². The maximum absolute atomic E-state index is 3.67. The molecule has 1 aliphatic rings. The highest BCUT2D eigenvalue weighted by Gasteiger charge is 2.17. The van der Waals surface area contributed by atoms with Crippen LogP contribution in [0.5, 0.6) is 0 Å². The normalized spacial score (nSPS) is 19.9. The number of hydrogen-bond acceptors (Lipinski definition) is 2. The van der Waals surface area contributed by atoms with E-state index in [4.69, 9.17) is 0 Å². The summed E-state index contributed by atoms with van der Waals surface area (Å²) in [6.07, 6.45) is 2.66. The molecule has 1 N–H and O–H groups in total. The lowest BCUT2D eigenvalue weighted by molar-refractivity contribution is 0.213. The van der Waals surface area contributed by atoms with Gasteiger partial charge in [0.25, 0.3) is 0 Å². The van der Waals surface area contributed by atoms with Crippen LogP contribution in [0, 0.1) is 5.92 Å². The van der Waals surface area contributed by atoms with Crippen LogP contribution in [0.3, 0.4) is 0 Å². The van der Waals surface area contributed by atoms with E-state index in [1.54, 1.807) is 0 Å². The van der Waals surface area contributed by atoms with Gasteiger partial charge in [0.15, 0.2) is 0 Å². The second-order valence-electron chi connectivity index (χ2n) is 5.43. The Balaban J connectivity index is 1.79. The molecule has 0 saturated carbocycles. The number of nitrogens with zero attached hydrogens (tertiary/aromatic N) is 1. The number of rotatable bonds is 4. The maximum atomic E-state index is 3.67. The van der Waals surface area contributed by atoms with Crippen molar-refractivity contribution in [2.24, 2.45) is 5.92 Å². The van der Waals surface area contributed by atoms with Gasteiger partial charge in [0.2, 0.25) is 0 Å². The van der Waals surface area contributed by atoms with Gasteiger partial charge in [0, 0.05) is 10.5 Å². The van der Waals surface area contributed by atoms with Crippen molar-refractivity contribution in [1.82, 2.24) is 10.2 Å². The molecule has 0 aromatic heterocycles. The van der Waals surface area contributed by atoms with Crippen LogP contribution >= 0.6 is 15.9 Å². The van der Waals surface area contributed by atoms with E-state index >= 15 is 0 Å². The monoisotopic (exact) mass is 310 g/mol. The van der Waals surface area contributed by atoms with Crippen molar-refractivity contribution in [2.45, 2.75) is 25.8 Å². The lowest BCUT2D eigenvalue weighted by Gasteiger charge is -2.30. The van der Waals surface area contributed by atoms with Gasteiger partial charge < -0.3 is 10.2 Å². The molecular weight excluding hydrogens is 288 g/mol. The molecule has 2 nitrogen and oxygen atoms in total. The number of nitrogens with one attached hydrogen (secondary N) is 1. The summed E-state index contributed by atoms with van der Waals surface area (Å²) in [5, 5.41) is 3.67. The van der Waals surface area contributed by atoms with Crippen LogP contribution in [-0.2, 0) is 0 Å². The van der Waals surface area contributed by atoms with Crippen molar-refractivity contribution in [3.63, 3.8) is 0 Å². The number of piperidine rings is 1. The van der Waals surface area contributed by atoms with Gasteiger partial charge in [-0.3, -0.25) is 0 Å². The molecule has 0 aliphatic carbocycles. The van der Waals surface area contributed by atoms with E-state index in [-0.39, 0.29) is 0 Å². The van der Waals surface area contributed by atoms with E-state index in [0.717, 1.165) is 16.9 Å². The Kier molecular flexibility index (Phi) is 5.22. The molecule has 0 unspecified atom stereocenters. The topological polar surface area (TPSA) is 15.3 Å². The minimum Gasteiger partial charge on any atom is -0.310 e.